The largest absolute Gasteiger partial charge is 0.333 e. The van der Waals surface area contributed by atoms with Gasteiger partial charge in [0.05, 0.1) is 17.0 Å². The number of likely N-dealkylation sites (tertiary alicyclic amines) is 1. The molecule has 6 heteroatoms. The molecule has 0 bridgehead atoms. The number of nitro groups is 1. The lowest BCUT2D eigenvalue weighted by atomic mass is 9.83. The number of nitriles is 1. The lowest BCUT2D eigenvalue weighted by molar-refractivity contribution is -0.384. The molecule has 98 valence electrons. The molecule has 2 atom stereocenters. The Hall–Kier alpha value is -2.42. The fourth-order valence-electron chi connectivity index (χ4n) is 2.33. The van der Waals surface area contributed by atoms with Crippen molar-refractivity contribution in [1.82, 2.24) is 4.90 Å². The van der Waals surface area contributed by atoms with Gasteiger partial charge in [0.15, 0.2) is 0 Å². The van der Waals surface area contributed by atoms with Gasteiger partial charge in [0, 0.05) is 18.7 Å². The number of nitrogens with zero attached hydrogens (tertiary/aromatic N) is 3. The second kappa shape index (κ2) is 5.06. The van der Waals surface area contributed by atoms with Crippen molar-refractivity contribution >= 4 is 11.6 Å². The lowest BCUT2D eigenvalue weighted by Gasteiger charge is -2.44. The Morgan fingerprint density at radius 3 is 2.53 bits per heavy atom. The molecular weight excluding hydrogens is 246 g/mol. The summed E-state index contributed by atoms with van der Waals surface area (Å²) in [6.07, 6.45) is 0.813. The molecule has 1 aromatic rings. The summed E-state index contributed by atoms with van der Waals surface area (Å²) in [6.45, 7) is 2.55. The third-order valence-electron chi connectivity index (χ3n) is 3.25. The third-order valence-corrected chi connectivity index (χ3v) is 3.25. The summed E-state index contributed by atoms with van der Waals surface area (Å²) >= 11 is 0. The highest BCUT2D eigenvalue weighted by atomic mass is 16.6. The van der Waals surface area contributed by atoms with E-state index in [2.05, 4.69) is 0 Å². The highest BCUT2D eigenvalue weighted by Crippen LogP contribution is 2.39. The summed E-state index contributed by atoms with van der Waals surface area (Å²) in [5.74, 6) is -0.833. The van der Waals surface area contributed by atoms with Crippen molar-refractivity contribution in [3.63, 3.8) is 0 Å². The minimum Gasteiger partial charge on any atom is -0.333 e. The van der Waals surface area contributed by atoms with Crippen molar-refractivity contribution in [3.8, 4) is 6.07 Å². The average Bonchev–Trinajstić information content (AvgIpc) is 2.42. The molecule has 1 aromatic carbocycles. The van der Waals surface area contributed by atoms with E-state index in [1.165, 1.54) is 12.1 Å². The van der Waals surface area contributed by atoms with Crippen LogP contribution in [0.25, 0.3) is 0 Å². The Morgan fingerprint density at radius 1 is 1.42 bits per heavy atom. The van der Waals surface area contributed by atoms with Crippen LogP contribution in [0.2, 0.25) is 0 Å². The standard InChI is InChI=1S/C13H13N3O3/c1-2-7-15-12(11(8-14)13(15)17)9-3-5-10(6-4-9)16(18)19/h3-6,11-12H,2,7H2,1H3/t11-,12+/m0/s1. The monoisotopic (exact) mass is 259 g/mol. The first kappa shape index (κ1) is 13.0. The van der Waals surface area contributed by atoms with E-state index in [1.807, 2.05) is 13.0 Å². The van der Waals surface area contributed by atoms with Crippen molar-refractivity contribution in [3.05, 3.63) is 39.9 Å². The van der Waals surface area contributed by atoms with Crippen LogP contribution in [-0.4, -0.2) is 22.3 Å². The van der Waals surface area contributed by atoms with Gasteiger partial charge in [-0.05, 0) is 12.0 Å². The number of amides is 1. The number of non-ortho nitro benzene ring substituents is 1. The van der Waals surface area contributed by atoms with Gasteiger partial charge >= 0.3 is 0 Å². The zero-order chi connectivity index (χ0) is 14.0. The van der Waals surface area contributed by atoms with Crippen LogP contribution in [-0.2, 0) is 4.79 Å². The third kappa shape index (κ3) is 2.15. The van der Waals surface area contributed by atoms with Crippen molar-refractivity contribution in [2.75, 3.05) is 6.54 Å². The van der Waals surface area contributed by atoms with E-state index in [4.69, 9.17) is 5.26 Å². The van der Waals surface area contributed by atoms with E-state index in [9.17, 15) is 14.9 Å². The zero-order valence-electron chi connectivity index (χ0n) is 10.4. The highest BCUT2D eigenvalue weighted by Gasteiger charge is 2.47. The number of hydrogen-bond acceptors (Lipinski definition) is 4. The van der Waals surface area contributed by atoms with Crippen LogP contribution in [0.5, 0.6) is 0 Å². The number of benzene rings is 1. The van der Waals surface area contributed by atoms with Gasteiger partial charge in [-0.25, -0.2) is 0 Å². The first-order chi connectivity index (χ1) is 9.10. The van der Waals surface area contributed by atoms with Crippen LogP contribution < -0.4 is 0 Å². The summed E-state index contributed by atoms with van der Waals surface area (Å²) in [7, 11) is 0. The van der Waals surface area contributed by atoms with Crippen LogP contribution >= 0.6 is 0 Å². The van der Waals surface area contributed by atoms with E-state index in [-0.39, 0.29) is 17.6 Å². The fraction of sp³-hybridized carbons (Fsp3) is 0.385. The maximum atomic E-state index is 11.7. The van der Waals surface area contributed by atoms with E-state index in [0.29, 0.717) is 6.54 Å². The van der Waals surface area contributed by atoms with Crippen molar-refractivity contribution in [1.29, 1.82) is 5.26 Å². The molecule has 0 aromatic heterocycles. The predicted molar refractivity (Wildman–Crippen MR) is 66.9 cm³/mol. The van der Waals surface area contributed by atoms with E-state index in [1.54, 1.807) is 17.0 Å². The Labute approximate surface area is 110 Å². The molecule has 1 amide bonds. The van der Waals surface area contributed by atoms with Crippen LogP contribution in [0.1, 0.15) is 24.9 Å². The summed E-state index contributed by atoms with van der Waals surface area (Å²) in [5, 5.41) is 19.6. The molecule has 0 radical (unpaired) electrons. The molecule has 0 N–H and O–H groups in total. The van der Waals surface area contributed by atoms with Crippen molar-refractivity contribution < 1.29 is 9.72 Å². The maximum absolute atomic E-state index is 11.7. The molecule has 0 spiro atoms. The van der Waals surface area contributed by atoms with E-state index in [0.717, 1.165) is 12.0 Å². The minimum absolute atomic E-state index is 0.00458. The molecule has 0 aliphatic carbocycles. The van der Waals surface area contributed by atoms with Crippen LogP contribution in [0.4, 0.5) is 5.69 Å². The Balaban J connectivity index is 2.26. The Morgan fingerprint density at radius 2 is 2.05 bits per heavy atom. The maximum Gasteiger partial charge on any atom is 0.269 e. The van der Waals surface area contributed by atoms with Gasteiger partial charge in [0.25, 0.3) is 5.69 Å². The minimum atomic E-state index is -0.673. The fourth-order valence-corrected chi connectivity index (χ4v) is 2.33. The number of hydrogen-bond donors (Lipinski definition) is 0. The molecule has 6 nitrogen and oxygen atoms in total. The SMILES string of the molecule is CCCN1C(=O)[C@@H](C#N)[C@H]1c1ccc([N+](=O)[O-])cc1. The van der Waals surface area contributed by atoms with Crippen molar-refractivity contribution in [2.45, 2.75) is 19.4 Å². The van der Waals surface area contributed by atoms with Gasteiger partial charge in [-0.2, -0.15) is 5.26 Å². The van der Waals surface area contributed by atoms with Gasteiger partial charge in [0.2, 0.25) is 5.91 Å². The van der Waals surface area contributed by atoms with Gasteiger partial charge < -0.3 is 4.90 Å². The summed E-state index contributed by atoms with van der Waals surface area (Å²) in [4.78, 5) is 23.5. The Kier molecular flexibility index (Phi) is 3.47. The molecule has 0 saturated carbocycles. The molecule has 0 unspecified atom stereocenters. The lowest BCUT2D eigenvalue weighted by Crippen LogP contribution is -2.54. The molecule has 1 fully saturated rings. The molecule has 1 aliphatic heterocycles. The summed E-state index contributed by atoms with van der Waals surface area (Å²) in [6, 6.07) is 7.75. The summed E-state index contributed by atoms with van der Waals surface area (Å²) < 4.78 is 0. The highest BCUT2D eigenvalue weighted by molar-refractivity contribution is 5.89. The Bertz CT molecular complexity index is 547. The van der Waals surface area contributed by atoms with Crippen LogP contribution in [0.15, 0.2) is 24.3 Å². The number of carbonyl (C=O) groups is 1. The molecule has 2 rings (SSSR count). The summed E-state index contributed by atoms with van der Waals surface area (Å²) in [5.41, 5.74) is 0.773. The second-order valence-electron chi connectivity index (χ2n) is 4.43. The zero-order valence-corrected chi connectivity index (χ0v) is 10.4. The van der Waals surface area contributed by atoms with Crippen LogP contribution in [0, 0.1) is 27.4 Å². The van der Waals surface area contributed by atoms with E-state index < -0.39 is 10.8 Å². The second-order valence-corrected chi connectivity index (χ2v) is 4.43. The van der Waals surface area contributed by atoms with E-state index >= 15 is 0 Å². The normalized spacial score (nSPS) is 21.7. The number of β-lactam (4-membered cyclic amide) rings is 1. The number of rotatable bonds is 4. The predicted octanol–water partition coefficient (Wildman–Crippen LogP) is 2.03. The van der Waals surface area contributed by atoms with Gasteiger partial charge in [-0.1, -0.05) is 19.1 Å². The van der Waals surface area contributed by atoms with Gasteiger partial charge in [-0.15, -0.1) is 0 Å². The molecule has 1 aliphatic rings. The molecular formula is C13H13N3O3. The molecule has 19 heavy (non-hydrogen) atoms. The van der Waals surface area contributed by atoms with Gasteiger partial charge in [-0.3, -0.25) is 14.9 Å². The number of carbonyl (C=O) groups excluding carboxylic acids is 1. The quantitative estimate of drug-likeness (QED) is 0.470. The first-order valence-corrected chi connectivity index (χ1v) is 6.04. The molecule has 1 heterocycles. The first-order valence-electron chi connectivity index (χ1n) is 6.04. The average molecular weight is 259 g/mol. The van der Waals surface area contributed by atoms with Crippen LogP contribution in [0.3, 0.4) is 0 Å². The smallest absolute Gasteiger partial charge is 0.269 e. The molecule has 1 saturated heterocycles. The van der Waals surface area contributed by atoms with Crippen molar-refractivity contribution in [2.24, 2.45) is 5.92 Å². The van der Waals surface area contributed by atoms with Gasteiger partial charge in [0.1, 0.15) is 5.92 Å². The number of nitro benzene ring substituents is 1. The topological polar surface area (TPSA) is 87.2 Å².